The van der Waals surface area contributed by atoms with Crippen LogP contribution in [0.25, 0.3) is 5.65 Å². The summed E-state index contributed by atoms with van der Waals surface area (Å²) in [7, 11) is 1.94. The molecule has 0 aliphatic heterocycles. The Hall–Kier alpha value is -1.29. The molecule has 0 bridgehead atoms. The molecule has 0 saturated carbocycles. The van der Waals surface area contributed by atoms with E-state index in [2.05, 4.69) is 5.10 Å². The van der Waals surface area contributed by atoms with E-state index in [-0.39, 0.29) is 6.61 Å². The minimum atomic E-state index is 0.0488. The zero-order valence-electron chi connectivity index (χ0n) is 7.15. The predicted molar refractivity (Wildman–Crippen MR) is 44.8 cm³/mol. The van der Waals surface area contributed by atoms with E-state index >= 15 is 0 Å². The maximum atomic E-state index is 9.08. The van der Waals surface area contributed by atoms with Gasteiger partial charge in [0.25, 0.3) is 0 Å². The first kappa shape index (κ1) is 7.36. The van der Waals surface area contributed by atoms with Crippen molar-refractivity contribution in [2.45, 2.75) is 13.5 Å². The van der Waals surface area contributed by atoms with Gasteiger partial charge in [0.2, 0.25) is 0 Å². The summed E-state index contributed by atoms with van der Waals surface area (Å²) in [5.41, 5.74) is 2.77. The zero-order chi connectivity index (χ0) is 8.72. The number of fused-ring (bicyclic) bond motifs is 1. The van der Waals surface area contributed by atoms with Crippen molar-refractivity contribution in [3.8, 4) is 0 Å². The molecule has 4 nitrogen and oxygen atoms in total. The van der Waals surface area contributed by atoms with Crippen molar-refractivity contribution < 1.29 is 5.11 Å². The van der Waals surface area contributed by atoms with E-state index in [1.165, 1.54) is 0 Å². The molecule has 2 heterocycles. The van der Waals surface area contributed by atoms with Crippen LogP contribution >= 0.6 is 0 Å². The van der Waals surface area contributed by atoms with E-state index in [1.807, 2.05) is 30.9 Å². The Bertz CT molecular complexity index is 413. The molecule has 2 aromatic heterocycles. The number of aliphatic hydroxyl groups is 1. The summed E-state index contributed by atoms with van der Waals surface area (Å²) >= 11 is 0. The Balaban J connectivity index is 2.84. The molecule has 64 valence electrons. The van der Waals surface area contributed by atoms with Gasteiger partial charge in [-0.25, -0.2) is 4.52 Å². The van der Waals surface area contributed by atoms with Gasteiger partial charge < -0.3 is 9.67 Å². The van der Waals surface area contributed by atoms with Crippen LogP contribution < -0.4 is 0 Å². The molecule has 0 amide bonds. The highest BCUT2D eigenvalue weighted by atomic mass is 16.3. The number of aliphatic hydroxyl groups excluding tert-OH is 1. The standard InChI is InChI=1S/C8H11N3O/c1-6-7(5-12)8-10(2)3-4-11(8)9-6/h3-4,12H,5H2,1-2H3. The minimum Gasteiger partial charge on any atom is -0.391 e. The molecule has 2 rings (SSSR count). The van der Waals surface area contributed by atoms with Crippen LogP contribution in [0.3, 0.4) is 0 Å². The number of nitrogens with zero attached hydrogens (tertiary/aromatic N) is 3. The average molecular weight is 165 g/mol. The molecule has 2 aromatic rings. The van der Waals surface area contributed by atoms with Gasteiger partial charge in [0.1, 0.15) is 5.65 Å². The fraction of sp³-hybridized carbons (Fsp3) is 0.375. The molecule has 12 heavy (non-hydrogen) atoms. The summed E-state index contributed by atoms with van der Waals surface area (Å²) in [5.74, 6) is 0. The second-order valence-corrected chi connectivity index (χ2v) is 2.90. The first-order chi connectivity index (χ1) is 5.74. The van der Waals surface area contributed by atoms with Crippen LogP contribution in [0.5, 0.6) is 0 Å². The molecule has 0 aliphatic carbocycles. The summed E-state index contributed by atoms with van der Waals surface area (Å²) in [6.07, 6.45) is 3.79. The number of rotatable bonds is 1. The minimum absolute atomic E-state index is 0.0488. The van der Waals surface area contributed by atoms with Crippen molar-refractivity contribution in [2.75, 3.05) is 0 Å². The highest BCUT2D eigenvalue weighted by Gasteiger charge is 2.09. The third-order valence-corrected chi connectivity index (χ3v) is 2.11. The molecule has 0 fully saturated rings. The monoisotopic (exact) mass is 165 g/mol. The molecule has 0 unspecified atom stereocenters. The second kappa shape index (κ2) is 2.35. The second-order valence-electron chi connectivity index (χ2n) is 2.90. The lowest BCUT2D eigenvalue weighted by atomic mass is 10.3. The largest absolute Gasteiger partial charge is 0.391 e. The van der Waals surface area contributed by atoms with Crippen LogP contribution in [-0.2, 0) is 13.7 Å². The quantitative estimate of drug-likeness (QED) is 0.667. The number of hydrogen-bond donors (Lipinski definition) is 1. The Morgan fingerprint density at radius 2 is 2.25 bits per heavy atom. The topological polar surface area (TPSA) is 42.5 Å². The van der Waals surface area contributed by atoms with Crippen LogP contribution in [-0.4, -0.2) is 19.3 Å². The third kappa shape index (κ3) is 0.783. The van der Waals surface area contributed by atoms with Gasteiger partial charge >= 0.3 is 0 Å². The fourth-order valence-corrected chi connectivity index (χ4v) is 1.47. The summed E-state index contributed by atoms with van der Waals surface area (Å²) in [4.78, 5) is 0. The third-order valence-electron chi connectivity index (χ3n) is 2.11. The van der Waals surface area contributed by atoms with Gasteiger partial charge in [0.15, 0.2) is 0 Å². The molecule has 0 saturated heterocycles. The van der Waals surface area contributed by atoms with E-state index in [0.29, 0.717) is 0 Å². The van der Waals surface area contributed by atoms with Crippen molar-refractivity contribution >= 4 is 5.65 Å². The van der Waals surface area contributed by atoms with Gasteiger partial charge in [-0.15, -0.1) is 0 Å². The van der Waals surface area contributed by atoms with Crippen LogP contribution in [0, 0.1) is 6.92 Å². The molecule has 4 heteroatoms. The Labute approximate surface area is 70.0 Å². The van der Waals surface area contributed by atoms with Gasteiger partial charge in [0.05, 0.1) is 12.3 Å². The number of hydrogen-bond acceptors (Lipinski definition) is 2. The highest BCUT2D eigenvalue weighted by Crippen LogP contribution is 2.14. The number of aryl methyl sites for hydroxylation is 2. The summed E-state index contributed by atoms with van der Waals surface area (Å²) in [6.45, 7) is 1.95. The molecule has 0 aromatic carbocycles. The Morgan fingerprint density at radius 1 is 1.50 bits per heavy atom. The van der Waals surface area contributed by atoms with Crippen LogP contribution in [0.1, 0.15) is 11.3 Å². The first-order valence-electron chi connectivity index (χ1n) is 3.84. The summed E-state index contributed by atoms with van der Waals surface area (Å²) < 4.78 is 3.73. The van der Waals surface area contributed by atoms with Crippen molar-refractivity contribution in [3.63, 3.8) is 0 Å². The van der Waals surface area contributed by atoms with Crippen LogP contribution in [0.4, 0.5) is 0 Å². The normalized spacial score (nSPS) is 11.2. The molecule has 0 radical (unpaired) electrons. The van der Waals surface area contributed by atoms with E-state index in [4.69, 9.17) is 5.11 Å². The number of imidazole rings is 1. The van der Waals surface area contributed by atoms with E-state index in [1.54, 1.807) is 4.52 Å². The van der Waals surface area contributed by atoms with Crippen molar-refractivity contribution in [3.05, 3.63) is 23.7 Å². The lowest BCUT2D eigenvalue weighted by molar-refractivity contribution is 0.282. The molecule has 0 spiro atoms. The van der Waals surface area contributed by atoms with E-state index in [9.17, 15) is 0 Å². The van der Waals surface area contributed by atoms with Crippen LogP contribution in [0.2, 0.25) is 0 Å². The Morgan fingerprint density at radius 3 is 2.92 bits per heavy atom. The molecular weight excluding hydrogens is 154 g/mol. The predicted octanol–water partition coefficient (Wildman–Crippen LogP) is 0.474. The SMILES string of the molecule is Cc1nn2ccn(C)c2c1CO. The highest BCUT2D eigenvalue weighted by molar-refractivity contribution is 5.50. The zero-order valence-corrected chi connectivity index (χ0v) is 7.15. The lowest BCUT2D eigenvalue weighted by Gasteiger charge is -1.94. The molecule has 0 aliphatic rings. The van der Waals surface area contributed by atoms with E-state index in [0.717, 1.165) is 16.9 Å². The van der Waals surface area contributed by atoms with Crippen molar-refractivity contribution in [1.29, 1.82) is 0 Å². The molecule has 0 atom stereocenters. The first-order valence-corrected chi connectivity index (χ1v) is 3.84. The van der Waals surface area contributed by atoms with Gasteiger partial charge in [-0.2, -0.15) is 5.10 Å². The maximum Gasteiger partial charge on any atom is 0.141 e. The summed E-state index contributed by atoms with van der Waals surface area (Å²) in [6, 6.07) is 0. The van der Waals surface area contributed by atoms with Crippen LogP contribution in [0.15, 0.2) is 12.4 Å². The molecule has 1 N–H and O–H groups in total. The summed E-state index contributed by atoms with van der Waals surface area (Å²) in [5, 5.41) is 13.3. The van der Waals surface area contributed by atoms with Gasteiger partial charge in [-0.05, 0) is 6.92 Å². The smallest absolute Gasteiger partial charge is 0.141 e. The number of aromatic nitrogens is 3. The lowest BCUT2D eigenvalue weighted by Crippen LogP contribution is -1.91. The Kier molecular flexibility index (Phi) is 1.44. The van der Waals surface area contributed by atoms with Gasteiger partial charge in [0, 0.05) is 25.0 Å². The van der Waals surface area contributed by atoms with Crippen molar-refractivity contribution in [1.82, 2.24) is 14.2 Å². The molecular formula is C8H11N3O. The average Bonchev–Trinajstić information content (AvgIpc) is 2.52. The van der Waals surface area contributed by atoms with E-state index < -0.39 is 0 Å². The maximum absolute atomic E-state index is 9.08. The fourth-order valence-electron chi connectivity index (χ4n) is 1.47. The van der Waals surface area contributed by atoms with Gasteiger partial charge in [-0.1, -0.05) is 0 Å². The van der Waals surface area contributed by atoms with Gasteiger partial charge in [-0.3, -0.25) is 0 Å². The van der Waals surface area contributed by atoms with Crippen molar-refractivity contribution in [2.24, 2.45) is 7.05 Å².